The van der Waals surface area contributed by atoms with Gasteiger partial charge in [-0.25, -0.2) is 8.42 Å². The minimum absolute atomic E-state index is 0.0233. The van der Waals surface area contributed by atoms with Crippen LogP contribution in [0, 0.1) is 6.92 Å². The molecule has 0 fully saturated rings. The maximum absolute atomic E-state index is 13.3. The Morgan fingerprint density at radius 2 is 1.91 bits per heavy atom. The topological polar surface area (TPSA) is 144 Å². The van der Waals surface area contributed by atoms with Gasteiger partial charge in [-0.3, -0.25) is 14.4 Å². The van der Waals surface area contributed by atoms with Crippen LogP contribution in [0.15, 0.2) is 39.6 Å². The second-order valence-corrected chi connectivity index (χ2v) is 10.8. The summed E-state index contributed by atoms with van der Waals surface area (Å²) in [5, 5.41) is 7.12. The molecule has 0 bridgehead atoms. The number of aromatic nitrogens is 3. The van der Waals surface area contributed by atoms with Gasteiger partial charge in [0.2, 0.25) is 11.7 Å². The van der Waals surface area contributed by atoms with E-state index in [2.05, 4.69) is 15.5 Å². The standard InChI is InChI=1S/C22H22ClN5O6S/c1-13-25-19(26-34-13)16-11-17(20(29)24-12-14-3-5-15(23)6-4-14)21(30)28-8-7-27(22(31)18(16)28)9-10-35(2,32)33/h3-6,11H,7-10,12H2,1-2H3,(H,24,29). The molecule has 0 spiro atoms. The zero-order valence-electron chi connectivity index (χ0n) is 18.9. The van der Waals surface area contributed by atoms with E-state index in [4.69, 9.17) is 16.1 Å². The second kappa shape index (κ2) is 9.62. The summed E-state index contributed by atoms with van der Waals surface area (Å²) in [5.74, 6) is -1.13. The zero-order valence-corrected chi connectivity index (χ0v) is 20.5. The second-order valence-electron chi connectivity index (χ2n) is 8.15. The zero-order chi connectivity index (χ0) is 25.3. The molecular formula is C22H22ClN5O6S. The van der Waals surface area contributed by atoms with Crippen molar-refractivity contribution in [2.24, 2.45) is 0 Å². The van der Waals surface area contributed by atoms with Crippen molar-refractivity contribution < 1.29 is 22.5 Å². The van der Waals surface area contributed by atoms with Crippen molar-refractivity contribution >= 4 is 33.3 Å². The third kappa shape index (κ3) is 5.43. The number of hydrogen-bond acceptors (Lipinski definition) is 8. The molecule has 1 aromatic carbocycles. The first-order chi connectivity index (χ1) is 16.5. The molecule has 3 heterocycles. The Kier molecular flexibility index (Phi) is 6.77. The van der Waals surface area contributed by atoms with E-state index >= 15 is 0 Å². The van der Waals surface area contributed by atoms with E-state index in [1.54, 1.807) is 31.2 Å². The monoisotopic (exact) mass is 519 g/mol. The number of nitrogens with zero attached hydrogens (tertiary/aromatic N) is 4. The molecule has 0 radical (unpaired) electrons. The Hall–Kier alpha value is -3.51. The molecule has 1 aliphatic rings. The molecule has 0 atom stereocenters. The first-order valence-corrected chi connectivity index (χ1v) is 13.1. The average Bonchev–Trinajstić information content (AvgIpc) is 3.24. The predicted molar refractivity (Wildman–Crippen MR) is 127 cm³/mol. The van der Waals surface area contributed by atoms with Crippen molar-refractivity contribution in [1.82, 2.24) is 24.9 Å². The fourth-order valence-electron chi connectivity index (χ4n) is 3.69. The summed E-state index contributed by atoms with van der Waals surface area (Å²) in [6.07, 6.45) is 1.09. The average molecular weight is 520 g/mol. The lowest BCUT2D eigenvalue weighted by atomic mass is 10.1. The Balaban J connectivity index is 1.71. The lowest BCUT2D eigenvalue weighted by Gasteiger charge is -2.30. The third-order valence-corrected chi connectivity index (χ3v) is 6.66. The number of carbonyl (C=O) groups excluding carboxylic acids is 2. The van der Waals surface area contributed by atoms with Gasteiger partial charge < -0.3 is 19.3 Å². The fourth-order valence-corrected chi connectivity index (χ4v) is 4.37. The molecule has 13 heteroatoms. The van der Waals surface area contributed by atoms with Crippen LogP contribution in [0.5, 0.6) is 0 Å². The molecule has 2 amide bonds. The van der Waals surface area contributed by atoms with E-state index in [1.807, 2.05) is 0 Å². The first-order valence-electron chi connectivity index (χ1n) is 10.6. The normalized spacial score (nSPS) is 13.6. The number of benzene rings is 1. The van der Waals surface area contributed by atoms with Gasteiger partial charge in [0.1, 0.15) is 21.1 Å². The van der Waals surface area contributed by atoms with E-state index < -0.39 is 27.2 Å². The number of amides is 2. The Morgan fingerprint density at radius 1 is 1.20 bits per heavy atom. The number of nitrogens with one attached hydrogen (secondary N) is 1. The van der Waals surface area contributed by atoms with Crippen LogP contribution in [0.25, 0.3) is 11.4 Å². The van der Waals surface area contributed by atoms with Crippen molar-refractivity contribution in [2.75, 3.05) is 25.1 Å². The van der Waals surface area contributed by atoms with E-state index in [1.165, 1.54) is 15.5 Å². The number of fused-ring (bicyclic) bond motifs is 1. The highest BCUT2D eigenvalue weighted by molar-refractivity contribution is 7.90. The van der Waals surface area contributed by atoms with Gasteiger partial charge in [-0.15, -0.1) is 0 Å². The molecule has 0 saturated heterocycles. The quantitative estimate of drug-likeness (QED) is 0.491. The van der Waals surface area contributed by atoms with E-state index in [-0.39, 0.29) is 60.5 Å². The third-order valence-electron chi connectivity index (χ3n) is 5.48. The molecular weight excluding hydrogens is 498 g/mol. The largest absolute Gasteiger partial charge is 0.348 e. The highest BCUT2D eigenvalue weighted by atomic mass is 35.5. The first kappa shape index (κ1) is 24.6. The van der Waals surface area contributed by atoms with Gasteiger partial charge in [-0.1, -0.05) is 28.9 Å². The van der Waals surface area contributed by atoms with Crippen LogP contribution in [0.3, 0.4) is 0 Å². The molecule has 1 N–H and O–H groups in total. The highest BCUT2D eigenvalue weighted by Crippen LogP contribution is 2.25. The van der Waals surface area contributed by atoms with Crippen LogP contribution < -0.4 is 10.9 Å². The van der Waals surface area contributed by atoms with Crippen LogP contribution in [0.4, 0.5) is 0 Å². The van der Waals surface area contributed by atoms with E-state index in [0.717, 1.165) is 11.8 Å². The van der Waals surface area contributed by atoms with Crippen LogP contribution in [-0.2, 0) is 22.9 Å². The maximum atomic E-state index is 13.3. The van der Waals surface area contributed by atoms with Gasteiger partial charge in [-0.05, 0) is 23.8 Å². The molecule has 0 saturated carbocycles. The molecule has 35 heavy (non-hydrogen) atoms. The van der Waals surface area contributed by atoms with Gasteiger partial charge in [0.25, 0.3) is 17.4 Å². The van der Waals surface area contributed by atoms with Gasteiger partial charge in [-0.2, -0.15) is 4.98 Å². The summed E-state index contributed by atoms with van der Waals surface area (Å²) in [5.41, 5.74) is 0.0784. The van der Waals surface area contributed by atoms with Crippen LogP contribution in [-0.4, -0.2) is 64.9 Å². The SMILES string of the molecule is Cc1nc(-c2cc(C(=O)NCc3ccc(Cl)cc3)c(=O)n3c2C(=O)N(CCS(C)(=O)=O)CC3)no1. The molecule has 11 nitrogen and oxygen atoms in total. The molecule has 1 aliphatic heterocycles. The van der Waals surface area contributed by atoms with Gasteiger partial charge in [0.15, 0.2) is 0 Å². The van der Waals surface area contributed by atoms with Crippen LogP contribution in [0.1, 0.15) is 32.3 Å². The number of carbonyl (C=O) groups is 2. The lowest BCUT2D eigenvalue weighted by molar-refractivity contribution is 0.0711. The van der Waals surface area contributed by atoms with Gasteiger partial charge >= 0.3 is 0 Å². The van der Waals surface area contributed by atoms with Crippen molar-refractivity contribution in [3.8, 4) is 11.4 Å². The lowest BCUT2D eigenvalue weighted by Crippen LogP contribution is -2.47. The molecule has 184 valence electrons. The summed E-state index contributed by atoms with van der Waals surface area (Å²) < 4.78 is 29.4. The number of aryl methyl sites for hydroxylation is 1. The Labute approximate surface area is 205 Å². The summed E-state index contributed by atoms with van der Waals surface area (Å²) in [4.78, 5) is 45.0. The summed E-state index contributed by atoms with van der Waals surface area (Å²) in [7, 11) is -3.30. The molecule has 0 aliphatic carbocycles. The number of hydrogen-bond donors (Lipinski definition) is 1. The number of rotatable bonds is 7. The predicted octanol–water partition coefficient (Wildman–Crippen LogP) is 1.29. The van der Waals surface area contributed by atoms with Crippen molar-refractivity contribution in [2.45, 2.75) is 20.0 Å². The number of sulfone groups is 1. The minimum atomic E-state index is -3.30. The molecule has 3 aromatic rings. The minimum Gasteiger partial charge on any atom is -0.348 e. The van der Waals surface area contributed by atoms with Gasteiger partial charge in [0.05, 0.1) is 11.3 Å². The van der Waals surface area contributed by atoms with Crippen molar-refractivity contribution in [3.63, 3.8) is 0 Å². The van der Waals surface area contributed by atoms with Crippen molar-refractivity contribution in [1.29, 1.82) is 0 Å². The van der Waals surface area contributed by atoms with E-state index in [0.29, 0.717) is 5.02 Å². The Morgan fingerprint density at radius 3 is 2.54 bits per heavy atom. The Bertz CT molecular complexity index is 1460. The van der Waals surface area contributed by atoms with E-state index in [9.17, 15) is 22.8 Å². The number of pyridine rings is 1. The summed E-state index contributed by atoms with van der Waals surface area (Å²) in [6, 6.07) is 8.15. The molecule has 4 rings (SSSR count). The highest BCUT2D eigenvalue weighted by Gasteiger charge is 2.32. The van der Waals surface area contributed by atoms with Gasteiger partial charge in [0, 0.05) is 44.4 Å². The molecule has 0 unspecified atom stereocenters. The van der Waals surface area contributed by atoms with Crippen LogP contribution in [0.2, 0.25) is 5.02 Å². The smallest absolute Gasteiger partial charge is 0.271 e. The number of halogens is 1. The maximum Gasteiger partial charge on any atom is 0.271 e. The molecule has 2 aromatic heterocycles. The van der Waals surface area contributed by atoms with Crippen molar-refractivity contribution in [3.05, 3.63) is 68.4 Å². The summed E-state index contributed by atoms with van der Waals surface area (Å²) >= 11 is 5.89. The van der Waals surface area contributed by atoms with Crippen LogP contribution >= 0.6 is 11.6 Å². The fraction of sp³-hybridized carbons (Fsp3) is 0.318. The summed E-state index contributed by atoms with van der Waals surface area (Å²) in [6.45, 7) is 1.89.